The van der Waals surface area contributed by atoms with Crippen molar-refractivity contribution in [2.45, 2.75) is 0 Å². The number of benzene rings is 7. The molecule has 2 aromatic heterocycles. The van der Waals surface area contributed by atoms with E-state index in [1.165, 1.54) is 44.1 Å². The van der Waals surface area contributed by atoms with Crippen molar-refractivity contribution < 1.29 is 0 Å². The molecule has 48 heavy (non-hydrogen) atoms. The third-order valence-corrected chi connectivity index (χ3v) is 9.59. The second-order valence-electron chi connectivity index (χ2n) is 12.3. The lowest BCUT2D eigenvalue weighted by molar-refractivity contribution is 1.08. The number of anilines is 6. The molecule has 4 heteroatoms. The zero-order valence-electron chi connectivity index (χ0n) is 26.1. The molecule has 0 bridgehead atoms. The van der Waals surface area contributed by atoms with Crippen molar-refractivity contribution in [1.82, 2.24) is 9.13 Å². The summed E-state index contributed by atoms with van der Waals surface area (Å²) in [6, 6.07) is 63.2. The summed E-state index contributed by atoms with van der Waals surface area (Å²) in [6.45, 7) is 0. The number of aromatic nitrogens is 2. The van der Waals surface area contributed by atoms with Gasteiger partial charge in [0.05, 0.1) is 33.6 Å². The van der Waals surface area contributed by atoms with E-state index in [-0.39, 0.29) is 0 Å². The third kappa shape index (κ3) is 3.96. The Kier molecular flexibility index (Phi) is 5.84. The molecule has 0 atom stereocenters. The fourth-order valence-corrected chi connectivity index (χ4v) is 7.56. The predicted octanol–water partition coefficient (Wildman–Crippen LogP) is 12.0. The van der Waals surface area contributed by atoms with Crippen LogP contribution in [0.15, 0.2) is 182 Å². The SMILES string of the molecule is c1ccc(N(c2ccccc2)c2cccc(-n3c4ccccc4c4cc5c(cc43)N(c3ccccc3)c3cccc4ccn-5c34)c2)cc1. The van der Waals surface area contributed by atoms with E-state index >= 15 is 0 Å². The van der Waals surface area contributed by atoms with E-state index in [0.29, 0.717) is 0 Å². The summed E-state index contributed by atoms with van der Waals surface area (Å²) in [7, 11) is 0. The molecular formula is C44H30N4. The van der Waals surface area contributed by atoms with Gasteiger partial charge in [-0.1, -0.05) is 91.0 Å². The Morgan fingerprint density at radius 3 is 1.81 bits per heavy atom. The van der Waals surface area contributed by atoms with E-state index in [1.807, 2.05) is 0 Å². The summed E-state index contributed by atoms with van der Waals surface area (Å²) in [6.07, 6.45) is 2.21. The number of nitrogens with zero attached hydrogens (tertiary/aromatic N) is 4. The molecule has 4 nitrogen and oxygen atoms in total. The Labute approximate surface area is 278 Å². The number of para-hydroxylation sites is 5. The maximum atomic E-state index is 2.43. The molecule has 226 valence electrons. The van der Waals surface area contributed by atoms with E-state index < -0.39 is 0 Å². The molecule has 1 aliphatic rings. The van der Waals surface area contributed by atoms with Gasteiger partial charge in [-0.05, 0) is 84.9 Å². The molecule has 0 fully saturated rings. The van der Waals surface area contributed by atoms with Crippen LogP contribution in [-0.2, 0) is 0 Å². The van der Waals surface area contributed by atoms with Crippen LogP contribution in [0, 0.1) is 0 Å². The van der Waals surface area contributed by atoms with Gasteiger partial charge < -0.3 is 18.9 Å². The van der Waals surface area contributed by atoms with Gasteiger partial charge in [-0.15, -0.1) is 0 Å². The molecule has 10 rings (SSSR count). The summed E-state index contributed by atoms with van der Waals surface area (Å²) >= 11 is 0. The minimum absolute atomic E-state index is 1.10. The zero-order valence-corrected chi connectivity index (χ0v) is 26.1. The molecular weight excluding hydrogens is 585 g/mol. The fraction of sp³-hybridized carbons (Fsp3) is 0. The highest BCUT2D eigenvalue weighted by Crippen LogP contribution is 2.49. The first-order valence-electron chi connectivity index (χ1n) is 16.4. The molecule has 0 N–H and O–H groups in total. The van der Waals surface area contributed by atoms with Gasteiger partial charge in [0.2, 0.25) is 0 Å². The quantitative estimate of drug-likeness (QED) is 0.192. The maximum absolute atomic E-state index is 2.43. The molecule has 9 aromatic rings. The van der Waals surface area contributed by atoms with Crippen LogP contribution in [-0.4, -0.2) is 9.13 Å². The first kappa shape index (κ1) is 26.7. The van der Waals surface area contributed by atoms with E-state index in [4.69, 9.17) is 0 Å². The Morgan fingerprint density at radius 1 is 0.396 bits per heavy atom. The van der Waals surface area contributed by atoms with Gasteiger partial charge in [-0.25, -0.2) is 0 Å². The van der Waals surface area contributed by atoms with Gasteiger partial charge in [-0.2, -0.15) is 0 Å². The molecule has 0 saturated carbocycles. The molecule has 0 aliphatic carbocycles. The molecule has 0 saturated heterocycles. The maximum Gasteiger partial charge on any atom is 0.0771 e. The van der Waals surface area contributed by atoms with Crippen molar-refractivity contribution >= 4 is 66.8 Å². The predicted molar refractivity (Wildman–Crippen MR) is 201 cm³/mol. The zero-order chi connectivity index (χ0) is 31.6. The third-order valence-electron chi connectivity index (χ3n) is 9.59. The van der Waals surface area contributed by atoms with Crippen molar-refractivity contribution in [3.63, 3.8) is 0 Å². The van der Waals surface area contributed by atoms with Crippen LogP contribution in [0.2, 0.25) is 0 Å². The lowest BCUT2D eigenvalue weighted by Crippen LogP contribution is -2.18. The smallest absolute Gasteiger partial charge is 0.0771 e. The summed E-state index contributed by atoms with van der Waals surface area (Å²) in [5.74, 6) is 0. The van der Waals surface area contributed by atoms with E-state index in [1.54, 1.807) is 0 Å². The first-order valence-corrected chi connectivity index (χ1v) is 16.4. The Hall–Kier alpha value is -6.52. The topological polar surface area (TPSA) is 16.3 Å². The van der Waals surface area contributed by atoms with E-state index in [0.717, 1.165) is 34.1 Å². The highest BCUT2D eigenvalue weighted by Gasteiger charge is 2.28. The number of hydrogen-bond acceptors (Lipinski definition) is 2. The van der Waals surface area contributed by atoms with E-state index in [2.05, 4.69) is 201 Å². The standard InChI is InChI=1S/C44H30N4/c1-4-15-32(16-5-1)46(33-17-6-2-7-18-33)35-21-13-22-36(28-35)48-39-24-11-10-23-37(39)38-29-42-43(30-41(38)48)47(34-19-8-3-9-20-34)40-25-12-14-31-26-27-45(42)44(31)40/h1-30H. The second-order valence-corrected chi connectivity index (χ2v) is 12.3. The molecule has 1 aliphatic heterocycles. The van der Waals surface area contributed by atoms with Gasteiger partial charge >= 0.3 is 0 Å². The minimum atomic E-state index is 1.10. The largest absolute Gasteiger partial charge is 0.313 e. The average Bonchev–Trinajstić information content (AvgIpc) is 3.73. The number of fused-ring (bicyclic) bond motifs is 5. The average molecular weight is 615 g/mol. The van der Waals surface area contributed by atoms with Crippen LogP contribution in [0.5, 0.6) is 0 Å². The van der Waals surface area contributed by atoms with Crippen molar-refractivity contribution in [2.24, 2.45) is 0 Å². The second kappa shape index (κ2) is 10.5. The number of hydrogen-bond donors (Lipinski definition) is 0. The molecule has 0 spiro atoms. The Morgan fingerprint density at radius 2 is 1.04 bits per heavy atom. The Balaban J connectivity index is 1.24. The molecule has 0 unspecified atom stereocenters. The van der Waals surface area contributed by atoms with Crippen LogP contribution < -0.4 is 9.80 Å². The fourth-order valence-electron chi connectivity index (χ4n) is 7.56. The van der Waals surface area contributed by atoms with Gasteiger partial charge in [0.25, 0.3) is 0 Å². The van der Waals surface area contributed by atoms with E-state index in [9.17, 15) is 0 Å². The summed E-state index contributed by atoms with van der Waals surface area (Å²) in [4.78, 5) is 4.74. The summed E-state index contributed by atoms with van der Waals surface area (Å²) in [5, 5.41) is 3.70. The van der Waals surface area contributed by atoms with Crippen LogP contribution >= 0.6 is 0 Å². The lowest BCUT2D eigenvalue weighted by Gasteiger charge is -2.33. The normalized spacial score (nSPS) is 12.1. The Bertz CT molecular complexity index is 2580. The van der Waals surface area contributed by atoms with Crippen LogP contribution in [0.3, 0.4) is 0 Å². The van der Waals surface area contributed by atoms with Crippen LogP contribution in [0.4, 0.5) is 34.1 Å². The first-order chi connectivity index (χ1) is 23.8. The molecule has 0 amide bonds. The van der Waals surface area contributed by atoms with Crippen molar-refractivity contribution in [2.75, 3.05) is 9.80 Å². The van der Waals surface area contributed by atoms with Crippen LogP contribution in [0.1, 0.15) is 0 Å². The monoisotopic (exact) mass is 614 g/mol. The van der Waals surface area contributed by atoms with Gasteiger partial charge in [0, 0.05) is 50.8 Å². The minimum Gasteiger partial charge on any atom is -0.313 e. The van der Waals surface area contributed by atoms with Crippen molar-refractivity contribution in [3.05, 3.63) is 182 Å². The molecule has 0 radical (unpaired) electrons. The highest BCUT2D eigenvalue weighted by molar-refractivity contribution is 6.13. The van der Waals surface area contributed by atoms with Crippen LogP contribution in [0.25, 0.3) is 44.1 Å². The lowest BCUT2D eigenvalue weighted by atomic mass is 10.1. The van der Waals surface area contributed by atoms with Gasteiger partial charge in [-0.3, -0.25) is 0 Å². The highest BCUT2D eigenvalue weighted by atomic mass is 15.2. The van der Waals surface area contributed by atoms with Crippen molar-refractivity contribution in [3.8, 4) is 11.4 Å². The van der Waals surface area contributed by atoms with Gasteiger partial charge in [0.15, 0.2) is 0 Å². The number of rotatable bonds is 5. The van der Waals surface area contributed by atoms with Gasteiger partial charge in [0.1, 0.15) is 0 Å². The summed E-state index contributed by atoms with van der Waals surface area (Å²) in [5.41, 5.74) is 12.7. The molecule has 3 heterocycles. The summed E-state index contributed by atoms with van der Waals surface area (Å²) < 4.78 is 4.79. The molecule has 7 aromatic carbocycles. The van der Waals surface area contributed by atoms with Crippen molar-refractivity contribution in [1.29, 1.82) is 0 Å².